The smallest absolute Gasteiger partial charge is 0.195 e. The minimum absolute atomic E-state index is 0.803. The van der Waals surface area contributed by atoms with E-state index in [0.29, 0.717) is 0 Å². The number of oxazole rings is 1. The third-order valence-corrected chi connectivity index (χ3v) is 3.65. The van der Waals surface area contributed by atoms with E-state index in [1.54, 1.807) is 6.20 Å². The van der Waals surface area contributed by atoms with Crippen molar-refractivity contribution in [1.29, 1.82) is 0 Å². The first-order chi connectivity index (χ1) is 8.79. The Labute approximate surface area is 113 Å². The van der Waals surface area contributed by atoms with Crippen LogP contribution in [0.4, 0.5) is 0 Å². The van der Waals surface area contributed by atoms with Crippen molar-refractivity contribution in [3.05, 3.63) is 34.8 Å². The van der Waals surface area contributed by atoms with Gasteiger partial charge in [0, 0.05) is 10.9 Å². The third kappa shape index (κ3) is 1.90. The van der Waals surface area contributed by atoms with Crippen molar-refractivity contribution < 1.29 is 4.42 Å². The van der Waals surface area contributed by atoms with Crippen molar-refractivity contribution in [2.75, 3.05) is 0 Å². The van der Waals surface area contributed by atoms with Crippen molar-refractivity contribution in [2.24, 2.45) is 0 Å². The zero-order valence-electron chi connectivity index (χ0n) is 10.1. The number of hydrogen-bond donors (Lipinski definition) is 0. The molecule has 2 aromatic heterocycles. The van der Waals surface area contributed by atoms with E-state index in [9.17, 15) is 0 Å². The summed E-state index contributed by atoms with van der Waals surface area (Å²) >= 11 is 3.55. The van der Waals surface area contributed by atoms with Crippen molar-refractivity contribution in [3.63, 3.8) is 0 Å². The van der Waals surface area contributed by atoms with Crippen LogP contribution < -0.4 is 0 Å². The second kappa shape index (κ2) is 4.69. The molecule has 0 aliphatic rings. The van der Waals surface area contributed by atoms with E-state index in [4.69, 9.17) is 4.42 Å². The molecule has 0 atom stereocenters. The number of nitrogens with zero attached hydrogens (tertiary/aromatic N) is 2. The van der Waals surface area contributed by atoms with Crippen LogP contribution in [0, 0.1) is 0 Å². The van der Waals surface area contributed by atoms with Gasteiger partial charge in [-0.25, -0.2) is 4.98 Å². The summed E-state index contributed by atoms with van der Waals surface area (Å²) in [5.74, 6) is 0.803. The Morgan fingerprint density at radius 2 is 2.17 bits per heavy atom. The molecule has 92 valence electrons. The lowest BCUT2D eigenvalue weighted by Crippen LogP contribution is -1.82. The maximum atomic E-state index is 5.88. The molecule has 3 nitrogen and oxygen atoms in total. The molecule has 0 radical (unpaired) electrons. The van der Waals surface area contributed by atoms with Gasteiger partial charge in [0.2, 0.25) is 0 Å². The average Bonchev–Trinajstić information content (AvgIpc) is 2.79. The summed E-state index contributed by atoms with van der Waals surface area (Å²) in [5, 5.41) is 1.00. The Morgan fingerprint density at radius 1 is 1.28 bits per heavy atom. The lowest BCUT2D eigenvalue weighted by molar-refractivity contribution is 0.519. The van der Waals surface area contributed by atoms with E-state index in [2.05, 4.69) is 32.8 Å². The minimum atomic E-state index is 0.803. The van der Waals surface area contributed by atoms with Crippen LogP contribution in [-0.2, 0) is 6.42 Å². The number of halogens is 1. The monoisotopic (exact) mass is 304 g/mol. The summed E-state index contributed by atoms with van der Waals surface area (Å²) in [7, 11) is 0. The van der Waals surface area contributed by atoms with Crippen LogP contribution in [0.3, 0.4) is 0 Å². The number of hydrogen-bond acceptors (Lipinski definition) is 3. The Hall–Kier alpha value is -1.42. The molecular formula is C14H13BrN2O. The van der Waals surface area contributed by atoms with E-state index in [0.717, 1.165) is 51.6 Å². The number of fused-ring (bicyclic) bond motifs is 3. The third-order valence-electron chi connectivity index (χ3n) is 2.99. The first kappa shape index (κ1) is 11.7. The maximum Gasteiger partial charge on any atom is 0.195 e. The van der Waals surface area contributed by atoms with Crippen LogP contribution in [0.25, 0.3) is 22.0 Å². The van der Waals surface area contributed by atoms with E-state index in [-0.39, 0.29) is 0 Å². The average molecular weight is 305 g/mol. The van der Waals surface area contributed by atoms with Gasteiger partial charge in [-0.3, -0.25) is 4.98 Å². The molecule has 4 heteroatoms. The Morgan fingerprint density at radius 3 is 3.00 bits per heavy atom. The predicted molar refractivity (Wildman–Crippen MR) is 75.6 cm³/mol. The van der Waals surface area contributed by atoms with Gasteiger partial charge in [-0.15, -0.1) is 0 Å². The van der Waals surface area contributed by atoms with Gasteiger partial charge < -0.3 is 4.42 Å². The molecule has 0 aliphatic carbocycles. The fraction of sp³-hybridized carbons (Fsp3) is 0.286. The summed E-state index contributed by atoms with van der Waals surface area (Å²) in [6.45, 7) is 2.16. The van der Waals surface area contributed by atoms with Gasteiger partial charge in [-0.05, 0) is 34.5 Å². The van der Waals surface area contributed by atoms with Crippen molar-refractivity contribution in [3.8, 4) is 0 Å². The molecule has 2 heterocycles. The highest BCUT2D eigenvalue weighted by molar-refractivity contribution is 9.10. The van der Waals surface area contributed by atoms with Gasteiger partial charge in [0.25, 0.3) is 0 Å². The molecule has 0 unspecified atom stereocenters. The molecular weight excluding hydrogens is 292 g/mol. The summed E-state index contributed by atoms with van der Waals surface area (Å²) in [4.78, 5) is 8.90. The van der Waals surface area contributed by atoms with Crippen molar-refractivity contribution >= 4 is 37.9 Å². The molecule has 0 N–H and O–H groups in total. The number of aromatic nitrogens is 2. The van der Waals surface area contributed by atoms with Gasteiger partial charge in [0.15, 0.2) is 11.5 Å². The number of unbranched alkanes of at least 4 members (excludes halogenated alkanes) is 1. The molecule has 0 bridgehead atoms. The Kier molecular flexibility index (Phi) is 3.04. The standard InChI is InChI=1S/C14H13BrN2O/c1-2-3-7-12-17-11-8-16-10-6-4-5-9(15)13(10)14(11)18-12/h4-6,8H,2-3,7H2,1H3. The molecule has 0 saturated heterocycles. The molecule has 3 rings (SSSR count). The highest BCUT2D eigenvalue weighted by Gasteiger charge is 2.11. The molecule has 0 fully saturated rings. The fourth-order valence-electron chi connectivity index (χ4n) is 2.06. The summed E-state index contributed by atoms with van der Waals surface area (Å²) in [5.41, 5.74) is 2.59. The summed E-state index contributed by atoms with van der Waals surface area (Å²) < 4.78 is 6.88. The summed E-state index contributed by atoms with van der Waals surface area (Å²) in [6, 6.07) is 5.95. The summed E-state index contributed by atoms with van der Waals surface area (Å²) in [6.07, 6.45) is 4.90. The van der Waals surface area contributed by atoms with E-state index < -0.39 is 0 Å². The molecule has 0 amide bonds. The van der Waals surface area contributed by atoms with Crippen LogP contribution in [0.15, 0.2) is 33.3 Å². The highest BCUT2D eigenvalue weighted by Crippen LogP contribution is 2.30. The van der Waals surface area contributed by atoms with Crippen LogP contribution in [-0.4, -0.2) is 9.97 Å². The lowest BCUT2D eigenvalue weighted by atomic mass is 10.2. The van der Waals surface area contributed by atoms with Gasteiger partial charge in [-0.2, -0.15) is 0 Å². The topological polar surface area (TPSA) is 38.9 Å². The quantitative estimate of drug-likeness (QED) is 0.716. The maximum absolute atomic E-state index is 5.88. The van der Waals surface area contributed by atoms with Crippen molar-refractivity contribution in [2.45, 2.75) is 26.2 Å². The van der Waals surface area contributed by atoms with Gasteiger partial charge in [-0.1, -0.05) is 19.4 Å². The molecule has 0 aliphatic heterocycles. The van der Waals surface area contributed by atoms with E-state index >= 15 is 0 Å². The second-order valence-electron chi connectivity index (χ2n) is 4.32. The van der Waals surface area contributed by atoms with E-state index in [1.165, 1.54) is 0 Å². The second-order valence-corrected chi connectivity index (χ2v) is 5.17. The largest absolute Gasteiger partial charge is 0.440 e. The highest BCUT2D eigenvalue weighted by atomic mass is 79.9. The minimum Gasteiger partial charge on any atom is -0.440 e. The molecule has 3 aromatic rings. The van der Waals surface area contributed by atoms with Crippen LogP contribution in [0.5, 0.6) is 0 Å². The number of pyridine rings is 1. The van der Waals surface area contributed by atoms with E-state index in [1.807, 2.05) is 18.2 Å². The number of aryl methyl sites for hydroxylation is 1. The molecule has 0 spiro atoms. The molecule has 18 heavy (non-hydrogen) atoms. The number of benzene rings is 1. The van der Waals surface area contributed by atoms with Gasteiger partial charge >= 0.3 is 0 Å². The van der Waals surface area contributed by atoms with Crippen LogP contribution >= 0.6 is 15.9 Å². The van der Waals surface area contributed by atoms with Gasteiger partial charge in [0.05, 0.1) is 17.1 Å². The molecule has 0 saturated carbocycles. The lowest BCUT2D eigenvalue weighted by Gasteiger charge is -1.98. The zero-order valence-corrected chi connectivity index (χ0v) is 11.7. The first-order valence-electron chi connectivity index (χ1n) is 6.12. The predicted octanol–water partition coefficient (Wildman–Crippen LogP) is 4.48. The van der Waals surface area contributed by atoms with Crippen LogP contribution in [0.2, 0.25) is 0 Å². The first-order valence-corrected chi connectivity index (χ1v) is 6.91. The Bertz CT molecular complexity index is 705. The SMILES string of the molecule is CCCCc1nc2cnc3cccc(Br)c3c2o1. The zero-order chi connectivity index (χ0) is 12.5. The van der Waals surface area contributed by atoms with Crippen LogP contribution in [0.1, 0.15) is 25.7 Å². The normalized spacial score (nSPS) is 11.4. The van der Waals surface area contributed by atoms with Crippen molar-refractivity contribution in [1.82, 2.24) is 9.97 Å². The number of rotatable bonds is 3. The molecule has 1 aromatic carbocycles. The Balaban J connectivity index is 2.23. The van der Waals surface area contributed by atoms with Gasteiger partial charge in [0.1, 0.15) is 5.52 Å². The fourth-order valence-corrected chi connectivity index (χ4v) is 2.59.